The number of fused-ring (bicyclic) bond motifs is 6. The summed E-state index contributed by atoms with van der Waals surface area (Å²) in [7, 11) is 0. The normalized spacial score (nSPS) is 11.6. The van der Waals surface area contributed by atoms with Crippen LogP contribution in [0.1, 0.15) is 16.7 Å². The number of nitrogens with zero attached hydrogens (tertiary/aromatic N) is 4. The van der Waals surface area contributed by atoms with Gasteiger partial charge in [-0.15, -0.1) is 0 Å². The van der Waals surface area contributed by atoms with Crippen LogP contribution in [0.5, 0.6) is 0 Å². The minimum atomic E-state index is 0.590. The van der Waals surface area contributed by atoms with E-state index in [0.29, 0.717) is 17.5 Å². The first kappa shape index (κ1) is 34.6. The second-order valence-corrected chi connectivity index (χ2v) is 15.4. The Balaban J connectivity index is 1.21. The zero-order valence-electron chi connectivity index (χ0n) is 32.9. The monoisotopic (exact) mass is 758 g/mol. The molecule has 11 aromatic rings. The molecule has 0 aliphatic rings. The summed E-state index contributed by atoms with van der Waals surface area (Å²) >= 11 is 0. The van der Waals surface area contributed by atoms with Crippen LogP contribution < -0.4 is 0 Å². The summed E-state index contributed by atoms with van der Waals surface area (Å²) in [6.07, 6.45) is 0. The van der Waals surface area contributed by atoms with Gasteiger partial charge in [-0.2, -0.15) is 0 Å². The van der Waals surface area contributed by atoms with Gasteiger partial charge in [0.2, 0.25) is 0 Å². The minimum Gasteiger partial charge on any atom is -0.456 e. The van der Waals surface area contributed by atoms with Gasteiger partial charge in [0.15, 0.2) is 17.5 Å². The standard InChI is InChI=1S/C54H38N4O/c1-33-29-34(2)50(35(3)30-33)39-26-28-46-43(32-39)41-19-10-12-22-45(41)58(46)47-27-25-38(40-21-14-24-49-51(40)42-20-11-13-23-48(42)59-49)31-44(47)54-56-52(36-15-6-4-7-16-36)55-53(57-54)37-17-8-5-9-18-37/h4-32H,1-3H3. The average molecular weight is 759 g/mol. The third-order valence-corrected chi connectivity index (χ3v) is 11.5. The molecule has 0 fully saturated rings. The largest absolute Gasteiger partial charge is 0.456 e. The maximum atomic E-state index is 6.36. The van der Waals surface area contributed by atoms with Crippen molar-refractivity contribution in [2.24, 2.45) is 0 Å². The summed E-state index contributed by atoms with van der Waals surface area (Å²) in [5, 5.41) is 4.53. The van der Waals surface area contributed by atoms with Gasteiger partial charge in [0, 0.05) is 38.2 Å². The topological polar surface area (TPSA) is 56.7 Å². The van der Waals surface area contributed by atoms with E-state index in [2.05, 4.69) is 147 Å². The number of benzene rings is 8. The lowest BCUT2D eigenvalue weighted by Crippen LogP contribution is -2.04. The van der Waals surface area contributed by atoms with Crippen LogP contribution in [0.15, 0.2) is 180 Å². The van der Waals surface area contributed by atoms with Crippen molar-refractivity contribution < 1.29 is 4.42 Å². The van der Waals surface area contributed by atoms with Gasteiger partial charge in [-0.1, -0.05) is 139 Å². The number of rotatable bonds is 6. The molecule has 3 aromatic heterocycles. The van der Waals surface area contributed by atoms with Gasteiger partial charge in [-0.3, -0.25) is 0 Å². The lowest BCUT2D eigenvalue weighted by Gasteiger charge is -2.17. The predicted molar refractivity (Wildman–Crippen MR) is 243 cm³/mol. The highest BCUT2D eigenvalue weighted by Gasteiger charge is 2.22. The van der Waals surface area contributed by atoms with Crippen LogP contribution in [0.2, 0.25) is 0 Å². The molecule has 5 nitrogen and oxygen atoms in total. The van der Waals surface area contributed by atoms with Crippen molar-refractivity contribution in [1.82, 2.24) is 19.5 Å². The average Bonchev–Trinajstić information content (AvgIpc) is 3.82. The summed E-state index contributed by atoms with van der Waals surface area (Å²) in [5.41, 5.74) is 16.1. The van der Waals surface area contributed by atoms with Crippen molar-refractivity contribution in [2.75, 3.05) is 0 Å². The SMILES string of the molecule is Cc1cc(C)c(-c2ccc3c(c2)c2ccccc2n3-c2ccc(-c3cccc4oc5ccccc5c34)cc2-c2nc(-c3ccccc3)nc(-c3ccccc3)n2)c(C)c1. The van der Waals surface area contributed by atoms with Crippen LogP contribution in [0, 0.1) is 20.8 Å². The fourth-order valence-electron chi connectivity index (χ4n) is 9.05. The number of aryl methyl sites for hydroxylation is 3. The Labute approximate surface area is 341 Å². The van der Waals surface area contributed by atoms with Gasteiger partial charge in [0.05, 0.1) is 16.7 Å². The Bertz CT molecular complexity index is 3330. The Kier molecular flexibility index (Phi) is 8.09. The van der Waals surface area contributed by atoms with E-state index in [1.54, 1.807) is 0 Å². The lowest BCUT2D eigenvalue weighted by molar-refractivity contribution is 0.669. The van der Waals surface area contributed by atoms with Crippen molar-refractivity contribution in [2.45, 2.75) is 20.8 Å². The molecular weight excluding hydrogens is 721 g/mol. The molecule has 11 rings (SSSR count). The highest BCUT2D eigenvalue weighted by atomic mass is 16.3. The number of furan rings is 1. The van der Waals surface area contributed by atoms with Crippen LogP contribution in [0.3, 0.4) is 0 Å². The number of aromatic nitrogens is 4. The molecular formula is C54H38N4O. The molecule has 0 saturated carbocycles. The van der Waals surface area contributed by atoms with E-state index in [-0.39, 0.29) is 0 Å². The first-order chi connectivity index (χ1) is 29.0. The number of hydrogen-bond acceptors (Lipinski definition) is 4. The van der Waals surface area contributed by atoms with E-state index in [1.807, 2.05) is 54.6 Å². The van der Waals surface area contributed by atoms with Gasteiger partial charge < -0.3 is 8.98 Å². The minimum absolute atomic E-state index is 0.590. The molecule has 59 heavy (non-hydrogen) atoms. The summed E-state index contributed by atoms with van der Waals surface area (Å²) in [6.45, 7) is 6.59. The first-order valence-corrected chi connectivity index (χ1v) is 20.0. The summed E-state index contributed by atoms with van der Waals surface area (Å²) < 4.78 is 8.74. The molecule has 280 valence electrons. The van der Waals surface area contributed by atoms with E-state index >= 15 is 0 Å². The van der Waals surface area contributed by atoms with Crippen molar-refractivity contribution >= 4 is 43.7 Å². The Hall–Kier alpha value is -7.63. The molecule has 0 N–H and O–H groups in total. The Morgan fingerprint density at radius 2 is 1.00 bits per heavy atom. The third kappa shape index (κ3) is 5.81. The Morgan fingerprint density at radius 3 is 1.73 bits per heavy atom. The Morgan fingerprint density at radius 1 is 0.407 bits per heavy atom. The van der Waals surface area contributed by atoms with Crippen LogP contribution in [-0.4, -0.2) is 19.5 Å². The molecule has 0 unspecified atom stereocenters. The van der Waals surface area contributed by atoms with Crippen molar-refractivity contribution in [3.8, 4) is 62.1 Å². The van der Waals surface area contributed by atoms with Crippen molar-refractivity contribution in [3.63, 3.8) is 0 Å². The van der Waals surface area contributed by atoms with E-state index < -0.39 is 0 Å². The molecule has 3 heterocycles. The first-order valence-electron chi connectivity index (χ1n) is 20.0. The maximum Gasteiger partial charge on any atom is 0.166 e. The molecule has 8 aromatic carbocycles. The molecule has 0 aliphatic heterocycles. The molecule has 0 atom stereocenters. The molecule has 0 aliphatic carbocycles. The number of hydrogen-bond donors (Lipinski definition) is 0. The van der Waals surface area contributed by atoms with Gasteiger partial charge in [0.25, 0.3) is 0 Å². The molecule has 0 radical (unpaired) electrons. The fraction of sp³-hybridized carbons (Fsp3) is 0.0556. The van der Waals surface area contributed by atoms with Crippen molar-refractivity contribution in [1.29, 1.82) is 0 Å². The zero-order chi connectivity index (χ0) is 39.6. The summed E-state index contributed by atoms with van der Waals surface area (Å²) in [5.74, 6) is 1.82. The van der Waals surface area contributed by atoms with Gasteiger partial charge in [0.1, 0.15) is 11.2 Å². The van der Waals surface area contributed by atoms with E-state index in [0.717, 1.165) is 66.5 Å². The highest BCUT2D eigenvalue weighted by molar-refractivity contribution is 6.13. The summed E-state index contributed by atoms with van der Waals surface area (Å²) in [4.78, 5) is 15.6. The highest BCUT2D eigenvalue weighted by Crippen LogP contribution is 2.42. The van der Waals surface area contributed by atoms with Crippen LogP contribution in [0.4, 0.5) is 0 Å². The van der Waals surface area contributed by atoms with Gasteiger partial charge in [-0.05, 0) is 96.6 Å². The van der Waals surface area contributed by atoms with Gasteiger partial charge in [-0.25, -0.2) is 15.0 Å². The quantitative estimate of drug-likeness (QED) is 0.169. The molecule has 0 bridgehead atoms. The predicted octanol–water partition coefficient (Wildman–Crippen LogP) is 14.1. The lowest BCUT2D eigenvalue weighted by atomic mass is 9.93. The fourth-order valence-corrected chi connectivity index (χ4v) is 9.05. The maximum absolute atomic E-state index is 6.36. The van der Waals surface area contributed by atoms with E-state index in [4.69, 9.17) is 19.4 Å². The molecule has 5 heteroatoms. The van der Waals surface area contributed by atoms with Gasteiger partial charge >= 0.3 is 0 Å². The van der Waals surface area contributed by atoms with Crippen molar-refractivity contribution in [3.05, 3.63) is 193 Å². The smallest absolute Gasteiger partial charge is 0.166 e. The number of para-hydroxylation sites is 2. The van der Waals surface area contributed by atoms with Crippen LogP contribution in [-0.2, 0) is 0 Å². The van der Waals surface area contributed by atoms with Crippen LogP contribution >= 0.6 is 0 Å². The van der Waals surface area contributed by atoms with E-state index in [1.165, 1.54) is 38.6 Å². The molecule has 0 spiro atoms. The van der Waals surface area contributed by atoms with E-state index in [9.17, 15) is 0 Å². The second-order valence-electron chi connectivity index (χ2n) is 15.4. The molecule has 0 amide bonds. The zero-order valence-corrected chi connectivity index (χ0v) is 32.9. The second kappa shape index (κ2) is 13.8. The van der Waals surface area contributed by atoms with Crippen LogP contribution in [0.25, 0.3) is 106 Å². The summed E-state index contributed by atoms with van der Waals surface area (Å²) in [6, 6.07) is 61.7. The molecule has 0 saturated heterocycles. The third-order valence-electron chi connectivity index (χ3n) is 11.5.